The van der Waals surface area contributed by atoms with Gasteiger partial charge in [-0.3, -0.25) is 0 Å². The van der Waals surface area contributed by atoms with Crippen LogP contribution in [0.4, 0.5) is 4.39 Å². The van der Waals surface area contributed by atoms with Gasteiger partial charge in [0.25, 0.3) is 0 Å². The van der Waals surface area contributed by atoms with E-state index in [2.05, 4.69) is 21.1 Å². The molecule has 64 valence electrons. The molecule has 0 heterocycles. The Hall–Kier alpha value is -0.900. The zero-order chi connectivity index (χ0) is 9.14. The molecule has 0 saturated carbocycles. The van der Waals surface area contributed by atoms with E-state index in [1.54, 1.807) is 12.1 Å². The quantitative estimate of drug-likeness (QED) is 0.450. The van der Waals surface area contributed by atoms with E-state index in [4.69, 9.17) is 5.21 Å². The van der Waals surface area contributed by atoms with Gasteiger partial charge in [-0.15, -0.1) is 0 Å². The largest absolute Gasteiger partial charge is 0.411 e. The van der Waals surface area contributed by atoms with Crippen LogP contribution in [0.3, 0.4) is 0 Å². The Morgan fingerprint density at radius 3 is 2.75 bits per heavy atom. The van der Waals surface area contributed by atoms with Gasteiger partial charge in [-0.25, -0.2) is 4.39 Å². The second-order valence-corrected chi connectivity index (χ2v) is 3.23. The molecule has 0 saturated heterocycles. The SMILES string of the molecule is C/C(=N\O)c1ccc(Br)cc1F. The molecular weight excluding hydrogens is 225 g/mol. The van der Waals surface area contributed by atoms with Crippen molar-refractivity contribution in [2.75, 3.05) is 0 Å². The van der Waals surface area contributed by atoms with Gasteiger partial charge in [0.2, 0.25) is 0 Å². The van der Waals surface area contributed by atoms with Crippen molar-refractivity contribution in [1.29, 1.82) is 0 Å². The van der Waals surface area contributed by atoms with E-state index in [0.717, 1.165) is 0 Å². The fourth-order valence-corrected chi connectivity index (χ4v) is 1.17. The van der Waals surface area contributed by atoms with Gasteiger partial charge in [-0.05, 0) is 25.1 Å². The van der Waals surface area contributed by atoms with Crippen LogP contribution in [0, 0.1) is 5.82 Å². The van der Waals surface area contributed by atoms with Gasteiger partial charge >= 0.3 is 0 Å². The number of halogens is 2. The Labute approximate surface area is 77.8 Å². The van der Waals surface area contributed by atoms with E-state index >= 15 is 0 Å². The molecule has 0 aliphatic heterocycles. The van der Waals surface area contributed by atoms with Crippen LogP contribution in [0.25, 0.3) is 0 Å². The number of hydrogen-bond donors (Lipinski definition) is 1. The molecule has 2 nitrogen and oxygen atoms in total. The maximum absolute atomic E-state index is 13.1. The van der Waals surface area contributed by atoms with Crippen LogP contribution in [-0.2, 0) is 0 Å². The molecule has 0 aromatic heterocycles. The van der Waals surface area contributed by atoms with Gasteiger partial charge in [0.05, 0.1) is 5.71 Å². The lowest BCUT2D eigenvalue weighted by Crippen LogP contribution is -1.98. The monoisotopic (exact) mass is 231 g/mol. The zero-order valence-electron chi connectivity index (χ0n) is 6.38. The molecule has 0 aliphatic rings. The summed E-state index contributed by atoms with van der Waals surface area (Å²) in [5.41, 5.74) is 0.570. The summed E-state index contributed by atoms with van der Waals surface area (Å²) in [7, 11) is 0. The highest BCUT2D eigenvalue weighted by Gasteiger charge is 2.05. The normalized spacial score (nSPS) is 11.8. The highest BCUT2D eigenvalue weighted by Crippen LogP contribution is 2.15. The molecule has 0 fully saturated rings. The number of hydrogen-bond acceptors (Lipinski definition) is 2. The Balaban J connectivity index is 3.18. The standard InChI is InChI=1S/C8H7BrFNO/c1-5(11-12)7-3-2-6(9)4-8(7)10/h2-4,12H,1H3/b11-5+. The summed E-state index contributed by atoms with van der Waals surface area (Å²) in [6.45, 7) is 1.53. The Morgan fingerprint density at radius 2 is 2.25 bits per heavy atom. The van der Waals surface area contributed by atoms with Crippen molar-refractivity contribution in [2.45, 2.75) is 6.92 Å². The van der Waals surface area contributed by atoms with Gasteiger partial charge in [0, 0.05) is 10.0 Å². The minimum atomic E-state index is -0.403. The van der Waals surface area contributed by atoms with Crippen LogP contribution in [0.2, 0.25) is 0 Å². The molecule has 4 heteroatoms. The number of nitrogens with zero attached hydrogens (tertiary/aromatic N) is 1. The number of rotatable bonds is 1. The summed E-state index contributed by atoms with van der Waals surface area (Å²) in [6, 6.07) is 4.56. The first-order valence-corrected chi connectivity index (χ1v) is 4.08. The summed E-state index contributed by atoms with van der Waals surface area (Å²) in [5.74, 6) is -0.403. The van der Waals surface area contributed by atoms with Crippen molar-refractivity contribution in [3.05, 3.63) is 34.1 Å². The van der Waals surface area contributed by atoms with Crippen LogP contribution < -0.4 is 0 Å². The average molecular weight is 232 g/mol. The molecule has 0 spiro atoms. The average Bonchev–Trinajstić information content (AvgIpc) is 2.03. The lowest BCUT2D eigenvalue weighted by atomic mass is 10.1. The molecule has 1 aromatic rings. The lowest BCUT2D eigenvalue weighted by Gasteiger charge is -2.00. The van der Waals surface area contributed by atoms with E-state index < -0.39 is 5.82 Å². The molecule has 0 unspecified atom stereocenters. The van der Waals surface area contributed by atoms with E-state index in [9.17, 15) is 4.39 Å². The summed E-state index contributed by atoms with van der Waals surface area (Å²) in [4.78, 5) is 0. The lowest BCUT2D eigenvalue weighted by molar-refractivity contribution is 0.319. The number of benzene rings is 1. The first-order chi connectivity index (χ1) is 5.65. The molecule has 0 amide bonds. The second-order valence-electron chi connectivity index (χ2n) is 2.31. The Bertz CT molecular complexity index is 325. The zero-order valence-corrected chi connectivity index (χ0v) is 7.97. The van der Waals surface area contributed by atoms with Crippen molar-refractivity contribution >= 4 is 21.6 Å². The third kappa shape index (κ3) is 1.82. The molecule has 1 rings (SSSR count). The van der Waals surface area contributed by atoms with Crippen molar-refractivity contribution in [3.8, 4) is 0 Å². The van der Waals surface area contributed by atoms with Gasteiger partial charge in [-0.1, -0.05) is 21.1 Å². The van der Waals surface area contributed by atoms with Crippen molar-refractivity contribution in [3.63, 3.8) is 0 Å². The fourth-order valence-electron chi connectivity index (χ4n) is 0.837. The molecule has 1 aromatic carbocycles. The van der Waals surface area contributed by atoms with Crippen molar-refractivity contribution in [2.24, 2.45) is 5.16 Å². The van der Waals surface area contributed by atoms with Gasteiger partial charge in [0.15, 0.2) is 0 Å². The van der Waals surface area contributed by atoms with Crippen LogP contribution in [0.5, 0.6) is 0 Å². The molecule has 0 radical (unpaired) electrons. The fraction of sp³-hybridized carbons (Fsp3) is 0.125. The third-order valence-electron chi connectivity index (χ3n) is 1.47. The maximum Gasteiger partial charge on any atom is 0.133 e. The molecule has 12 heavy (non-hydrogen) atoms. The van der Waals surface area contributed by atoms with Crippen LogP contribution in [0.15, 0.2) is 27.8 Å². The highest BCUT2D eigenvalue weighted by atomic mass is 79.9. The Kier molecular flexibility index (Phi) is 2.81. The minimum Gasteiger partial charge on any atom is -0.411 e. The summed E-state index contributed by atoms with van der Waals surface area (Å²) < 4.78 is 13.7. The van der Waals surface area contributed by atoms with Crippen LogP contribution in [-0.4, -0.2) is 10.9 Å². The summed E-state index contributed by atoms with van der Waals surface area (Å²) in [6.07, 6.45) is 0. The van der Waals surface area contributed by atoms with E-state index in [1.807, 2.05) is 0 Å². The molecule has 0 bridgehead atoms. The molecule has 1 N–H and O–H groups in total. The summed E-state index contributed by atoms with van der Waals surface area (Å²) >= 11 is 3.12. The third-order valence-corrected chi connectivity index (χ3v) is 1.96. The first kappa shape index (κ1) is 9.19. The molecule has 0 atom stereocenters. The minimum absolute atomic E-state index is 0.264. The first-order valence-electron chi connectivity index (χ1n) is 3.29. The smallest absolute Gasteiger partial charge is 0.133 e. The topological polar surface area (TPSA) is 32.6 Å². The maximum atomic E-state index is 13.1. The predicted molar refractivity (Wildman–Crippen MR) is 48.1 cm³/mol. The van der Waals surface area contributed by atoms with Crippen LogP contribution >= 0.6 is 15.9 Å². The Morgan fingerprint density at radius 1 is 1.58 bits per heavy atom. The van der Waals surface area contributed by atoms with Crippen LogP contribution in [0.1, 0.15) is 12.5 Å². The van der Waals surface area contributed by atoms with E-state index in [-0.39, 0.29) is 5.71 Å². The van der Waals surface area contributed by atoms with Gasteiger partial charge in [0.1, 0.15) is 5.82 Å². The molecular formula is C8H7BrFNO. The van der Waals surface area contributed by atoms with Gasteiger partial charge in [-0.2, -0.15) is 0 Å². The van der Waals surface area contributed by atoms with Gasteiger partial charge < -0.3 is 5.21 Å². The van der Waals surface area contributed by atoms with Crippen molar-refractivity contribution in [1.82, 2.24) is 0 Å². The molecule has 0 aliphatic carbocycles. The summed E-state index contributed by atoms with van der Waals surface area (Å²) in [5, 5.41) is 11.3. The van der Waals surface area contributed by atoms with Crippen molar-refractivity contribution < 1.29 is 9.60 Å². The van der Waals surface area contributed by atoms with E-state index in [0.29, 0.717) is 10.0 Å². The number of oxime groups is 1. The van der Waals surface area contributed by atoms with E-state index in [1.165, 1.54) is 13.0 Å². The highest BCUT2D eigenvalue weighted by molar-refractivity contribution is 9.10. The predicted octanol–water partition coefficient (Wildman–Crippen LogP) is 2.79. The second kappa shape index (κ2) is 3.67.